The normalized spacial score (nSPS) is 10.7. The highest BCUT2D eigenvalue weighted by atomic mass is 35.5. The van der Waals surface area contributed by atoms with Gasteiger partial charge in [-0.15, -0.1) is 22.0 Å². The van der Waals surface area contributed by atoms with E-state index in [9.17, 15) is 4.79 Å². The van der Waals surface area contributed by atoms with Crippen LogP contribution >= 0.6 is 46.3 Å². The summed E-state index contributed by atoms with van der Waals surface area (Å²) < 4.78 is 0. The van der Waals surface area contributed by atoms with Crippen molar-refractivity contribution >= 4 is 57.3 Å². The lowest BCUT2D eigenvalue weighted by atomic mass is 10.2. The maximum Gasteiger partial charge on any atom is 0.236 e. The number of amides is 1. The van der Waals surface area contributed by atoms with E-state index in [1.165, 1.54) is 28.7 Å². The molecular weight excluding hydrogens is 409 g/mol. The zero-order valence-corrected chi connectivity index (χ0v) is 17.0. The van der Waals surface area contributed by atoms with Crippen molar-refractivity contribution < 1.29 is 4.79 Å². The van der Waals surface area contributed by atoms with Gasteiger partial charge in [0.25, 0.3) is 0 Å². The second-order valence-corrected chi connectivity index (χ2v) is 8.30. The van der Waals surface area contributed by atoms with E-state index in [4.69, 9.17) is 23.2 Å². The number of hydrogen-bond acceptors (Lipinski definition) is 5. The van der Waals surface area contributed by atoms with Crippen LogP contribution in [0.1, 0.15) is 11.1 Å². The highest BCUT2D eigenvalue weighted by Gasteiger charge is 2.11. The van der Waals surface area contributed by atoms with Crippen LogP contribution in [0.15, 0.2) is 42.5 Å². The number of nitrogens with zero attached hydrogens (tertiary/aromatic N) is 2. The number of halogens is 2. The van der Waals surface area contributed by atoms with Gasteiger partial charge in [0.15, 0.2) is 0 Å². The molecule has 0 radical (unpaired) electrons. The van der Waals surface area contributed by atoms with Gasteiger partial charge in [-0.05, 0) is 24.6 Å². The highest BCUT2D eigenvalue weighted by molar-refractivity contribution is 7.99. The Morgan fingerprint density at radius 3 is 2.50 bits per heavy atom. The number of aromatic nitrogens is 2. The Bertz CT molecular complexity index is 893. The summed E-state index contributed by atoms with van der Waals surface area (Å²) in [5, 5.41) is 13.4. The van der Waals surface area contributed by atoms with E-state index < -0.39 is 0 Å². The first-order valence-electron chi connectivity index (χ1n) is 7.74. The van der Waals surface area contributed by atoms with Gasteiger partial charge in [-0.2, -0.15) is 0 Å². The molecule has 0 fully saturated rings. The Kier molecular flexibility index (Phi) is 6.53. The Morgan fingerprint density at radius 2 is 1.81 bits per heavy atom. The zero-order valence-electron chi connectivity index (χ0n) is 13.8. The van der Waals surface area contributed by atoms with E-state index in [1.807, 2.05) is 31.2 Å². The summed E-state index contributed by atoms with van der Waals surface area (Å²) >= 11 is 15.1. The molecule has 0 unspecified atom stereocenters. The number of carbonyl (C=O) groups excluding carboxylic acids is 1. The van der Waals surface area contributed by atoms with E-state index in [0.717, 1.165) is 16.1 Å². The van der Waals surface area contributed by atoms with Gasteiger partial charge in [-0.25, -0.2) is 0 Å². The summed E-state index contributed by atoms with van der Waals surface area (Å²) in [6.45, 7) is 2.03. The maximum atomic E-state index is 12.1. The van der Waals surface area contributed by atoms with Crippen molar-refractivity contribution in [1.29, 1.82) is 0 Å². The second kappa shape index (κ2) is 8.86. The average Bonchev–Trinajstić information content (AvgIpc) is 3.06. The van der Waals surface area contributed by atoms with E-state index >= 15 is 0 Å². The van der Waals surface area contributed by atoms with Crippen molar-refractivity contribution in [1.82, 2.24) is 10.2 Å². The van der Waals surface area contributed by atoms with Gasteiger partial charge in [-0.3, -0.25) is 10.1 Å². The molecule has 0 bridgehead atoms. The molecule has 134 valence electrons. The van der Waals surface area contributed by atoms with Gasteiger partial charge in [0.2, 0.25) is 11.0 Å². The van der Waals surface area contributed by atoms with Crippen molar-refractivity contribution in [3.8, 4) is 10.6 Å². The molecule has 0 aliphatic heterocycles. The summed E-state index contributed by atoms with van der Waals surface area (Å²) in [5.41, 5.74) is 3.00. The predicted octanol–water partition coefficient (Wildman–Crippen LogP) is 5.69. The molecule has 8 heteroatoms. The minimum atomic E-state index is -0.134. The minimum Gasteiger partial charge on any atom is -0.300 e. The summed E-state index contributed by atoms with van der Waals surface area (Å²) in [6.07, 6.45) is 0. The molecule has 26 heavy (non-hydrogen) atoms. The smallest absolute Gasteiger partial charge is 0.236 e. The fourth-order valence-electron chi connectivity index (χ4n) is 2.16. The average molecular weight is 424 g/mol. The number of benzene rings is 2. The molecule has 2 aromatic carbocycles. The van der Waals surface area contributed by atoms with Crippen LogP contribution in [0.4, 0.5) is 5.13 Å². The molecule has 0 saturated heterocycles. The molecule has 3 rings (SSSR count). The van der Waals surface area contributed by atoms with Crippen LogP contribution in [-0.2, 0) is 10.5 Å². The lowest BCUT2D eigenvalue weighted by molar-refractivity contribution is -0.113. The third kappa shape index (κ3) is 4.98. The lowest BCUT2D eigenvalue weighted by Crippen LogP contribution is -2.14. The standard InChI is InChI=1S/C18H15Cl2N3OS2/c1-11-5-7-12(8-6-11)17-22-23-18(26-17)21-16(24)10-25-9-13-14(19)3-2-4-15(13)20/h2-8H,9-10H2,1H3,(H,21,23,24). The summed E-state index contributed by atoms with van der Waals surface area (Å²) in [4.78, 5) is 12.1. The number of nitrogens with one attached hydrogen (secondary N) is 1. The number of carbonyl (C=O) groups is 1. The van der Waals surface area contributed by atoms with Gasteiger partial charge in [0.05, 0.1) is 5.75 Å². The van der Waals surface area contributed by atoms with E-state index in [2.05, 4.69) is 15.5 Å². The van der Waals surface area contributed by atoms with Gasteiger partial charge in [0, 0.05) is 21.4 Å². The van der Waals surface area contributed by atoms with E-state index in [1.54, 1.807) is 18.2 Å². The quantitative estimate of drug-likeness (QED) is 0.552. The van der Waals surface area contributed by atoms with Crippen LogP contribution in [0.5, 0.6) is 0 Å². The Hall–Kier alpha value is -1.60. The van der Waals surface area contributed by atoms with Crippen molar-refractivity contribution in [2.24, 2.45) is 0 Å². The van der Waals surface area contributed by atoms with Gasteiger partial charge >= 0.3 is 0 Å². The minimum absolute atomic E-state index is 0.134. The SMILES string of the molecule is Cc1ccc(-c2nnc(NC(=O)CSCc3c(Cl)cccc3Cl)s2)cc1. The first-order chi connectivity index (χ1) is 12.5. The second-order valence-electron chi connectivity index (χ2n) is 5.52. The van der Waals surface area contributed by atoms with Crippen molar-refractivity contribution in [2.75, 3.05) is 11.1 Å². The molecule has 1 aromatic heterocycles. The van der Waals surface area contributed by atoms with Crippen LogP contribution < -0.4 is 5.32 Å². The number of rotatable bonds is 6. The molecule has 3 aromatic rings. The first kappa shape index (κ1) is 19.2. The summed E-state index contributed by atoms with van der Waals surface area (Å²) in [7, 11) is 0. The molecule has 0 spiro atoms. The number of anilines is 1. The van der Waals surface area contributed by atoms with Crippen molar-refractivity contribution in [3.05, 3.63) is 63.6 Å². The fraction of sp³-hybridized carbons (Fsp3) is 0.167. The van der Waals surface area contributed by atoms with Crippen LogP contribution in [-0.4, -0.2) is 21.9 Å². The molecule has 1 amide bonds. The molecule has 0 atom stereocenters. The van der Waals surface area contributed by atoms with Crippen LogP contribution in [0.3, 0.4) is 0 Å². The largest absolute Gasteiger partial charge is 0.300 e. The molecular formula is C18H15Cl2N3OS2. The topological polar surface area (TPSA) is 54.9 Å². The third-order valence-electron chi connectivity index (χ3n) is 3.51. The van der Waals surface area contributed by atoms with E-state index in [0.29, 0.717) is 20.9 Å². The zero-order chi connectivity index (χ0) is 18.5. The lowest BCUT2D eigenvalue weighted by Gasteiger charge is -2.06. The summed E-state index contributed by atoms with van der Waals surface area (Å²) in [5.74, 6) is 0.710. The highest BCUT2D eigenvalue weighted by Crippen LogP contribution is 2.29. The van der Waals surface area contributed by atoms with Crippen LogP contribution in [0, 0.1) is 6.92 Å². The number of thioether (sulfide) groups is 1. The van der Waals surface area contributed by atoms with Gasteiger partial charge < -0.3 is 0 Å². The summed E-state index contributed by atoms with van der Waals surface area (Å²) in [6, 6.07) is 13.4. The first-order valence-corrected chi connectivity index (χ1v) is 10.5. The van der Waals surface area contributed by atoms with Crippen molar-refractivity contribution in [2.45, 2.75) is 12.7 Å². The maximum absolute atomic E-state index is 12.1. The molecule has 0 aliphatic carbocycles. The fourth-order valence-corrected chi connectivity index (χ4v) is 4.49. The molecule has 0 saturated carbocycles. The van der Waals surface area contributed by atoms with Gasteiger partial charge in [0.1, 0.15) is 5.01 Å². The van der Waals surface area contributed by atoms with Gasteiger partial charge in [-0.1, -0.05) is 70.4 Å². The van der Waals surface area contributed by atoms with E-state index in [-0.39, 0.29) is 11.7 Å². The predicted molar refractivity (Wildman–Crippen MR) is 111 cm³/mol. The van der Waals surface area contributed by atoms with Crippen LogP contribution in [0.25, 0.3) is 10.6 Å². The molecule has 0 aliphatic rings. The number of aryl methyl sites for hydroxylation is 1. The monoisotopic (exact) mass is 423 g/mol. The molecule has 1 N–H and O–H groups in total. The third-order valence-corrected chi connectivity index (χ3v) is 6.07. The molecule has 4 nitrogen and oxygen atoms in total. The Labute approximate surface area is 169 Å². The Balaban J connectivity index is 1.53. The Morgan fingerprint density at radius 1 is 1.12 bits per heavy atom. The van der Waals surface area contributed by atoms with Crippen molar-refractivity contribution in [3.63, 3.8) is 0 Å². The van der Waals surface area contributed by atoms with Crippen LogP contribution in [0.2, 0.25) is 10.0 Å². The molecule has 1 heterocycles. The number of hydrogen-bond donors (Lipinski definition) is 1.